The molecule has 1 aliphatic heterocycles. The topological polar surface area (TPSA) is 87.7 Å². The molecule has 24 heavy (non-hydrogen) atoms. The molecule has 1 aliphatic rings. The van der Waals surface area contributed by atoms with Crippen LogP contribution >= 0.6 is 35.1 Å². The normalized spacial score (nSPS) is 16.8. The molecule has 6 nitrogen and oxygen atoms in total. The largest absolute Gasteiger partial charge is 0.495 e. The van der Waals surface area contributed by atoms with E-state index in [9.17, 15) is 14.7 Å². The minimum absolute atomic E-state index is 0.0337. The number of anilines is 1. The lowest BCUT2D eigenvalue weighted by molar-refractivity contribution is -0.136. The summed E-state index contributed by atoms with van der Waals surface area (Å²) in [6.07, 6.45) is 0. The maximum atomic E-state index is 12.0. The van der Waals surface area contributed by atoms with Crippen LogP contribution < -0.4 is 15.4 Å². The summed E-state index contributed by atoms with van der Waals surface area (Å²) in [6, 6.07) is 4.71. The average Bonchev–Trinajstić information content (AvgIpc) is 2.78. The van der Waals surface area contributed by atoms with E-state index in [0.717, 1.165) is 11.5 Å². The summed E-state index contributed by atoms with van der Waals surface area (Å²) >= 11 is 9.16. The van der Waals surface area contributed by atoms with E-state index in [0.29, 0.717) is 28.0 Å². The Morgan fingerprint density at radius 1 is 1.29 bits per heavy atom. The van der Waals surface area contributed by atoms with Gasteiger partial charge in [0, 0.05) is 34.6 Å². The van der Waals surface area contributed by atoms with Gasteiger partial charge in [0.2, 0.25) is 0 Å². The van der Waals surface area contributed by atoms with Crippen LogP contribution in [0.5, 0.6) is 5.75 Å². The number of aliphatic hydroxyl groups is 1. The number of halogens is 1. The first-order valence-electron chi connectivity index (χ1n) is 7.24. The van der Waals surface area contributed by atoms with Gasteiger partial charge in [0.05, 0.1) is 18.4 Å². The van der Waals surface area contributed by atoms with Gasteiger partial charge in [0.15, 0.2) is 0 Å². The van der Waals surface area contributed by atoms with Gasteiger partial charge >= 0.3 is 11.8 Å². The van der Waals surface area contributed by atoms with Gasteiger partial charge in [-0.05, 0) is 18.2 Å². The summed E-state index contributed by atoms with van der Waals surface area (Å²) in [5.74, 6) is 1.74. The fourth-order valence-electron chi connectivity index (χ4n) is 2.07. The molecule has 0 saturated carbocycles. The van der Waals surface area contributed by atoms with Crippen molar-refractivity contribution in [2.75, 3.05) is 42.0 Å². The predicted octanol–water partition coefficient (Wildman–Crippen LogP) is 1.61. The lowest BCUT2D eigenvalue weighted by atomic mass is 10.1. The molecule has 3 N–H and O–H groups in total. The molecule has 132 valence electrons. The fourth-order valence-corrected chi connectivity index (χ4v) is 4.77. The molecular formula is C15H19ClN2O4S2. The van der Waals surface area contributed by atoms with Crippen molar-refractivity contribution in [3.05, 3.63) is 23.2 Å². The number of hydrogen-bond donors (Lipinski definition) is 3. The molecule has 0 aromatic heterocycles. The summed E-state index contributed by atoms with van der Waals surface area (Å²) in [4.78, 5) is 24.0. The molecule has 1 aromatic rings. The van der Waals surface area contributed by atoms with E-state index in [-0.39, 0.29) is 6.54 Å². The third-order valence-electron chi connectivity index (χ3n) is 3.31. The lowest BCUT2D eigenvalue weighted by Gasteiger charge is -2.25. The summed E-state index contributed by atoms with van der Waals surface area (Å²) in [5.41, 5.74) is -0.695. The van der Waals surface area contributed by atoms with Crippen LogP contribution in [-0.4, -0.2) is 59.2 Å². The second-order valence-electron chi connectivity index (χ2n) is 5.31. The van der Waals surface area contributed by atoms with E-state index in [2.05, 4.69) is 10.6 Å². The number of hydrogen-bond acceptors (Lipinski definition) is 6. The van der Waals surface area contributed by atoms with Crippen LogP contribution in [-0.2, 0) is 9.59 Å². The van der Waals surface area contributed by atoms with E-state index in [4.69, 9.17) is 16.3 Å². The summed E-state index contributed by atoms with van der Waals surface area (Å²) in [6.45, 7) is 0.0337. The Bertz CT molecular complexity index is 607. The first-order chi connectivity index (χ1) is 11.4. The van der Waals surface area contributed by atoms with Gasteiger partial charge in [-0.1, -0.05) is 11.6 Å². The Hall–Kier alpha value is -1.09. The van der Waals surface area contributed by atoms with Crippen LogP contribution in [0.2, 0.25) is 5.02 Å². The number of nitrogens with one attached hydrogen (secondary N) is 2. The molecule has 0 unspecified atom stereocenters. The minimum atomic E-state index is -1.00. The zero-order valence-corrected chi connectivity index (χ0v) is 15.5. The van der Waals surface area contributed by atoms with Gasteiger partial charge in [0.25, 0.3) is 0 Å². The van der Waals surface area contributed by atoms with Crippen LogP contribution in [0.3, 0.4) is 0 Å². The van der Waals surface area contributed by atoms with Crippen molar-refractivity contribution in [1.82, 2.24) is 5.32 Å². The van der Waals surface area contributed by atoms with E-state index in [1.165, 1.54) is 13.2 Å². The van der Waals surface area contributed by atoms with Gasteiger partial charge in [-0.3, -0.25) is 9.59 Å². The average molecular weight is 391 g/mol. The zero-order chi connectivity index (χ0) is 17.6. The smallest absolute Gasteiger partial charge is 0.313 e. The second-order valence-corrected chi connectivity index (χ2v) is 7.96. The van der Waals surface area contributed by atoms with Crippen LogP contribution in [0, 0.1) is 0 Å². The Balaban J connectivity index is 1.92. The molecule has 0 aliphatic carbocycles. The SMILES string of the molecule is COc1ccc(Cl)cc1NC(=O)C(=O)NCC1(O)CSCCSC1. The van der Waals surface area contributed by atoms with Crippen LogP contribution in [0.15, 0.2) is 18.2 Å². The molecule has 1 fully saturated rings. The molecule has 9 heteroatoms. The molecule has 1 aromatic carbocycles. The van der Waals surface area contributed by atoms with E-state index >= 15 is 0 Å². The molecule has 2 amide bonds. The highest BCUT2D eigenvalue weighted by Crippen LogP contribution is 2.27. The van der Waals surface area contributed by atoms with Gasteiger partial charge in [-0.25, -0.2) is 0 Å². The van der Waals surface area contributed by atoms with E-state index < -0.39 is 17.4 Å². The van der Waals surface area contributed by atoms with Crippen molar-refractivity contribution >= 4 is 52.6 Å². The Morgan fingerprint density at radius 2 is 1.96 bits per heavy atom. The number of ether oxygens (including phenoxy) is 1. The Kier molecular flexibility index (Phi) is 7.09. The number of methoxy groups -OCH3 is 1. The van der Waals surface area contributed by atoms with Crippen LogP contribution in [0.25, 0.3) is 0 Å². The minimum Gasteiger partial charge on any atom is -0.495 e. The monoisotopic (exact) mass is 390 g/mol. The number of amides is 2. The van der Waals surface area contributed by atoms with Gasteiger partial charge in [0.1, 0.15) is 5.75 Å². The first-order valence-corrected chi connectivity index (χ1v) is 9.93. The summed E-state index contributed by atoms with van der Waals surface area (Å²) < 4.78 is 5.12. The first kappa shape index (κ1) is 19.2. The number of benzene rings is 1. The molecule has 0 bridgehead atoms. The standard InChI is InChI=1S/C15H19ClN2O4S2/c1-22-12-3-2-10(16)6-11(12)18-14(20)13(19)17-7-15(21)8-23-4-5-24-9-15/h2-3,6,21H,4-5,7-9H2,1H3,(H,17,19)(H,18,20). The number of carbonyl (C=O) groups excluding carboxylic acids is 2. The highest BCUT2D eigenvalue weighted by Gasteiger charge is 2.30. The summed E-state index contributed by atoms with van der Waals surface area (Å²) in [5, 5.41) is 15.8. The molecule has 0 radical (unpaired) electrons. The van der Waals surface area contributed by atoms with Gasteiger partial charge in [-0.2, -0.15) is 23.5 Å². The van der Waals surface area contributed by atoms with Gasteiger partial charge < -0.3 is 20.5 Å². The maximum absolute atomic E-state index is 12.0. The van der Waals surface area contributed by atoms with Gasteiger partial charge in [-0.15, -0.1) is 0 Å². The zero-order valence-electron chi connectivity index (χ0n) is 13.1. The molecular weight excluding hydrogens is 372 g/mol. The highest BCUT2D eigenvalue weighted by molar-refractivity contribution is 8.03. The molecule has 1 heterocycles. The van der Waals surface area contributed by atoms with Crippen LogP contribution in [0.1, 0.15) is 0 Å². The molecule has 2 rings (SSSR count). The Labute approximate surface area is 154 Å². The number of carbonyl (C=O) groups is 2. The van der Waals surface area contributed by atoms with Crippen molar-refractivity contribution in [3.63, 3.8) is 0 Å². The number of rotatable bonds is 4. The molecule has 0 atom stereocenters. The van der Waals surface area contributed by atoms with Crippen molar-refractivity contribution in [2.45, 2.75) is 5.60 Å². The summed E-state index contributed by atoms with van der Waals surface area (Å²) in [7, 11) is 1.45. The second kappa shape index (κ2) is 8.84. The highest BCUT2D eigenvalue weighted by atomic mass is 35.5. The van der Waals surface area contributed by atoms with E-state index in [1.54, 1.807) is 35.7 Å². The molecule has 1 saturated heterocycles. The van der Waals surface area contributed by atoms with Crippen molar-refractivity contribution < 1.29 is 19.4 Å². The molecule has 0 spiro atoms. The lowest BCUT2D eigenvalue weighted by Crippen LogP contribution is -2.49. The van der Waals surface area contributed by atoms with Crippen molar-refractivity contribution in [1.29, 1.82) is 0 Å². The quantitative estimate of drug-likeness (QED) is 0.677. The fraction of sp³-hybridized carbons (Fsp3) is 0.467. The maximum Gasteiger partial charge on any atom is 0.313 e. The van der Waals surface area contributed by atoms with E-state index in [1.807, 2.05) is 0 Å². The van der Waals surface area contributed by atoms with Crippen molar-refractivity contribution in [2.24, 2.45) is 0 Å². The number of thioether (sulfide) groups is 2. The third-order valence-corrected chi connectivity index (χ3v) is 6.27. The predicted molar refractivity (Wildman–Crippen MR) is 99.2 cm³/mol. The van der Waals surface area contributed by atoms with Crippen molar-refractivity contribution in [3.8, 4) is 5.75 Å². The third kappa shape index (κ3) is 5.47. The van der Waals surface area contributed by atoms with Crippen LogP contribution in [0.4, 0.5) is 5.69 Å². The Morgan fingerprint density at radius 3 is 2.58 bits per heavy atom.